The average molecular weight is 301 g/mol. The minimum Gasteiger partial charge on any atom is -0.376 e. The quantitative estimate of drug-likeness (QED) is 0.820. The molecule has 2 heterocycles. The van der Waals surface area contributed by atoms with Crippen molar-refractivity contribution < 1.29 is 17.9 Å². The monoisotopic (exact) mass is 301 g/mol. The van der Waals surface area contributed by atoms with E-state index in [0.29, 0.717) is 13.2 Å². The molecule has 1 fully saturated rings. The summed E-state index contributed by atoms with van der Waals surface area (Å²) in [6.07, 6.45) is 2.09. The van der Waals surface area contributed by atoms with Gasteiger partial charge in [-0.3, -0.25) is 4.79 Å². The van der Waals surface area contributed by atoms with Crippen molar-refractivity contribution in [1.82, 2.24) is 9.88 Å². The van der Waals surface area contributed by atoms with E-state index < -0.39 is 10.0 Å². The van der Waals surface area contributed by atoms with Gasteiger partial charge in [0.1, 0.15) is 10.6 Å². The molecule has 2 atom stereocenters. The van der Waals surface area contributed by atoms with Gasteiger partial charge in [-0.05, 0) is 26.3 Å². The third-order valence-electron chi connectivity index (χ3n) is 3.47. The molecule has 0 saturated carbocycles. The van der Waals surface area contributed by atoms with Crippen LogP contribution in [-0.2, 0) is 21.3 Å². The summed E-state index contributed by atoms with van der Waals surface area (Å²) >= 11 is 0. The van der Waals surface area contributed by atoms with Crippen LogP contribution >= 0.6 is 0 Å². The van der Waals surface area contributed by atoms with E-state index in [9.17, 15) is 13.2 Å². The Morgan fingerprint density at radius 2 is 2.30 bits per heavy atom. The summed E-state index contributed by atoms with van der Waals surface area (Å²) in [5.74, 6) is -0.316. The first-order chi connectivity index (χ1) is 9.32. The van der Waals surface area contributed by atoms with Gasteiger partial charge in [-0.25, -0.2) is 13.6 Å². The molecule has 1 aromatic heterocycles. The zero-order chi connectivity index (χ0) is 14.9. The second-order valence-electron chi connectivity index (χ2n) is 4.84. The van der Waals surface area contributed by atoms with Crippen LogP contribution in [0.5, 0.6) is 0 Å². The zero-order valence-corrected chi connectivity index (χ0v) is 12.3. The molecule has 0 aromatic carbocycles. The Morgan fingerprint density at radius 3 is 2.80 bits per heavy atom. The van der Waals surface area contributed by atoms with Crippen molar-refractivity contribution in [3.8, 4) is 0 Å². The van der Waals surface area contributed by atoms with Crippen molar-refractivity contribution in [3.05, 3.63) is 18.0 Å². The number of primary sulfonamides is 1. The van der Waals surface area contributed by atoms with E-state index in [0.717, 1.165) is 6.42 Å². The van der Waals surface area contributed by atoms with Gasteiger partial charge in [0.05, 0.1) is 12.1 Å². The SMILES string of the molecule is CCn1cc(S(N)(=O)=O)cc1C(=O)NC1CCOC1C. The molecule has 7 nitrogen and oxygen atoms in total. The fourth-order valence-electron chi connectivity index (χ4n) is 2.25. The molecule has 1 saturated heterocycles. The molecule has 0 spiro atoms. The van der Waals surface area contributed by atoms with E-state index in [1.165, 1.54) is 12.3 Å². The first-order valence-electron chi connectivity index (χ1n) is 6.48. The van der Waals surface area contributed by atoms with Crippen molar-refractivity contribution in [2.45, 2.75) is 43.9 Å². The topological polar surface area (TPSA) is 103 Å². The van der Waals surface area contributed by atoms with Crippen LogP contribution in [0.2, 0.25) is 0 Å². The second kappa shape index (κ2) is 5.55. The van der Waals surface area contributed by atoms with Crippen LogP contribution in [0.25, 0.3) is 0 Å². The standard InChI is InChI=1S/C12H19N3O4S/c1-3-15-7-9(20(13,17)18)6-11(15)12(16)14-10-4-5-19-8(10)2/h6-8,10H,3-5H2,1-2H3,(H,14,16)(H2,13,17,18). The van der Waals surface area contributed by atoms with Crippen LogP contribution < -0.4 is 10.5 Å². The maximum absolute atomic E-state index is 12.2. The molecular weight excluding hydrogens is 282 g/mol. The number of nitrogens with zero attached hydrogens (tertiary/aromatic N) is 1. The van der Waals surface area contributed by atoms with Crippen LogP contribution in [0.1, 0.15) is 30.8 Å². The lowest BCUT2D eigenvalue weighted by atomic mass is 10.1. The molecule has 0 radical (unpaired) electrons. The van der Waals surface area contributed by atoms with Gasteiger partial charge in [-0.2, -0.15) is 0 Å². The Balaban J connectivity index is 2.23. The van der Waals surface area contributed by atoms with Gasteiger partial charge >= 0.3 is 0 Å². The molecule has 1 aliphatic rings. The maximum Gasteiger partial charge on any atom is 0.268 e. The molecular formula is C12H19N3O4S. The van der Waals surface area contributed by atoms with Crippen molar-refractivity contribution in [2.75, 3.05) is 6.61 Å². The summed E-state index contributed by atoms with van der Waals surface area (Å²) in [5.41, 5.74) is 0.288. The van der Waals surface area contributed by atoms with Gasteiger partial charge in [0, 0.05) is 19.3 Å². The van der Waals surface area contributed by atoms with E-state index in [2.05, 4.69) is 5.32 Å². The molecule has 0 aliphatic carbocycles. The van der Waals surface area contributed by atoms with E-state index in [4.69, 9.17) is 9.88 Å². The number of aryl methyl sites for hydroxylation is 1. The summed E-state index contributed by atoms with van der Waals surface area (Å²) in [4.78, 5) is 12.2. The number of hydrogen-bond donors (Lipinski definition) is 2. The largest absolute Gasteiger partial charge is 0.376 e. The number of nitrogens with two attached hydrogens (primary N) is 1. The molecule has 2 unspecified atom stereocenters. The minimum absolute atomic E-state index is 0.0401. The average Bonchev–Trinajstić information content (AvgIpc) is 2.95. The summed E-state index contributed by atoms with van der Waals surface area (Å²) in [7, 11) is -3.81. The Labute approximate surface area is 118 Å². The van der Waals surface area contributed by atoms with Gasteiger partial charge in [-0.15, -0.1) is 0 Å². The molecule has 8 heteroatoms. The van der Waals surface area contributed by atoms with Crippen LogP contribution in [0, 0.1) is 0 Å². The van der Waals surface area contributed by atoms with Gasteiger partial charge in [0.2, 0.25) is 10.0 Å². The molecule has 1 aliphatic heterocycles. The van der Waals surface area contributed by atoms with Crippen molar-refractivity contribution >= 4 is 15.9 Å². The van der Waals surface area contributed by atoms with E-state index in [-0.39, 0.29) is 28.6 Å². The molecule has 0 bridgehead atoms. The van der Waals surface area contributed by atoms with Crippen LogP contribution in [0.4, 0.5) is 0 Å². The van der Waals surface area contributed by atoms with Crippen molar-refractivity contribution in [1.29, 1.82) is 0 Å². The minimum atomic E-state index is -3.81. The Morgan fingerprint density at radius 1 is 1.60 bits per heavy atom. The number of amides is 1. The number of sulfonamides is 1. The predicted molar refractivity (Wildman–Crippen MR) is 72.8 cm³/mol. The highest BCUT2D eigenvalue weighted by Gasteiger charge is 2.27. The smallest absolute Gasteiger partial charge is 0.268 e. The molecule has 112 valence electrons. The molecule has 3 N–H and O–H groups in total. The van der Waals surface area contributed by atoms with Crippen LogP contribution in [-0.4, -0.2) is 37.6 Å². The highest BCUT2D eigenvalue weighted by molar-refractivity contribution is 7.89. The van der Waals surface area contributed by atoms with Gasteiger partial charge in [0.25, 0.3) is 5.91 Å². The normalized spacial score (nSPS) is 22.9. The maximum atomic E-state index is 12.2. The Hall–Kier alpha value is -1.38. The lowest BCUT2D eigenvalue weighted by Gasteiger charge is -2.16. The van der Waals surface area contributed by atoms with Gasteiger partial charge in [0.15, 0.2) is 0 Å². The zero-order valence-electron chi connectivity index (χ0n) is 11.5. The lowest BCUT2D eigenvalue weighted by Crippen LogP contribution is -2.39. The summed E-state index contributed by atoms with van der Waals surface area (Å²) < 4.78 is 29.6. The fraction of sp³-hybridized carbons (Fsp3) is 0.583. The summed E-state index contributed by atoms with van der Waals surface area (Å²) in [5, 5.41) is 7.95. The third kappa shape index (κ3) is 3.02. The number of carbonyl (C=O) groups excluding carboxylic acids is 1. The highest BCUT2D eigenvalue weighted by Crippen LogP contribution is 2.16. The molecule has 1 aromatic rings. The van der Waals surface area contributed by atoms with E-state index >= 15 is 0 Å². The number of ether oxygens (including phenoxy) is 1. The van der Waals surface area contributed by atoms with E-state index in [1.807, 2.05) is 13.8 Å². The summed E-state index contributed by atoms with van der Waals surface area (Å²) in [6, 6.07) is 1.25. The number of nitrogens with one attached hydrogen (secondary N) is 1. The fourth-order valence-corrected chi connectivity index (χ4v) is 2.80. The molecule has 20 heavy (non-hydrogen) atoms. The van der Waals surface area contributed by atoms with Crippen LogP contribution in [0.15, 0.2) is 17.2 Å². The first kappa shape index (κ1) is 15.0. The highest BCUT2D eigenvalue weighted by atomic mass is 32.2. The van der Waals surface area contributed by atoms with Crippen molar-refractivity contribution in [3.63, 3.8) is 0 Å². The van der Waals surface area contributed by atoms with Crippen molar-refractivity contribution in [2.24, 2.45) is 5.14 Å². The number of rotatable bonds is 4. The lowest BCUT2D eigenvalue weighted by molar-refractivity contribution is 0.0858. The van der Waals surface area contributed by atoms with Gasteiger partial charge in [-0.1, -0.05) is 0 Å². The third-order valence-corrected chi connectivity index (χ3v) is 4.35. The van der Waals surface area contributed by atoms with E-state index in [1.54, 1.807) is 4.57 Å². The summed E-state index contributed by atoms with van der Waals surface area (Å²) in [6.45, 7) is 4.82. The van der Waals surface area contributed by atoms with Crippen LogP contribution in [0.3, 0.4) is 0 Å². The predicted octanol–water partition coefficient (Wildman–Crippen LogP) is 0.0626. The number of hydrogen-bond acceptors (Lipinski definition) is 4. The first-order valence-corrected chi connectivity index (χ1v) is 8.03. The Kier molecular flexibility index (Phi) is 4.17. The number of carbonyl (C=O) groups is 1. The molecule has 1 amide bonds. The second-order valence-corrected chi connectivity index (χ2v) is 6.40. The Bertz CT molecular complexity index is 608. The molecule has 2 rings (SSSR count). The van der Waals surface area contributed by atoms with Gasteiger partial charge < -0.3 is 14.6 Å². The number of aromatic nitrogens is 1.